The first-order valence-corrected chi connectivity index (χ1v) is 9.89. The summed E-state index contributed by atoms with van der Waals surface area (Å²) in [6.07, 6.45) is -0.663. The van der Waals surface area contributed by atoms with E-state index in [4.69, 9.17) is 19.4 Å². The number of rotatable bonds is 5. The molecule has 0 radical (unpaired) electrons. The monoisotopic (exact) mass is 456 g/mol. The van der Waals surface area contributed by atoms with E-state index >= 15 is 0 Å². The number of carboxylic acids is 1. The summed E-state index contributed by atoms with van der Waals surface area (Å²) in [4.78, 5) is 27.6. The Labute approximate surface area is 181 Å². The number of carboxylic acid groups (broad SMARTS) is 1. The van der Waals surface area contributed by atoms with Crippen molar-refractivity contribution in [3.8, 4) is 5.88 Å². The number of aliphatic carboxylic acids is 1. The molecule has 12 heteroatoms. The minimum Gasteiger partial charge on any atom is -0.478 e. The van der Waals surface area contributed by atoms with E-state index in [0.717, 1.165) is 19.6 Å². The van der Waals surface area contributed by atoms with E-state index in [1.54, 1.807) is 30.2 Å². The maximum atomic E-state index is 12.6. The van der Waals surface area contributed by atoms with Gasteiger partial charge in [0.25, 0.3) is 5.91 Å². The number of amides is 1. The third kappa shape index (κ3) is 5.75. The number of alkyl halides is 3. The molecule has 174 valence electrons. The zero-order chi connectivity index (χ0) is 23.3. The van der Waals surface area contributed by atoms with E-state index in [0.29, 0.717) is 36.6 Å². The zero-order valence-electron chi connectivity index (χ0n) is 17.2. The van der Waals surface area contributed by atoms with Gasteiger partial charge < -0.3 is 19.5 Å². The van der Waals surface area contributed by atoms with Crippen LogP contribution in [-0.4, -0.2) is 75.2 Å². The number of aromatic nitrogens is 3. The molecule has 2 aliphatic heterocycles. The number of carbonyl (C=O) groups is 2. The molecule has 0 unspecified atom stereocenters. The van der Waals surface area contributed by atoms with E-state index in [-0.39, 0.29) is 12.0 Å². The first kappa shape index (κ1) is 23.5. The summed E-state index contributed by atoms with van der Waals surface area (Å²) in [5.74, 6) is -1.28. The molecule has 2 fully saturated rings. The minimum atomic E-state index is -5.08. The van der Waals surface area contributed by atoms with Crippen LogP contribution in [0.25, 0.3) is 0 Å². The fraction of sp³-hybridized carbons (Fsp3) is 0.500. The lowest BCUT2D eigenvalue weighted by Gasteiger charge is -2.20. The maximum Gasteiger partial charge on any atom is 0.490 e. The molecule has 2 aromatic heterocycles. The summed E-state index contributed by atoms with van der Waals surface area (Å²) < 4.78 is 45.0. The number of nitrogens with zero attached hydrogens (tertiary/aromatic N) is 4. The molecule has 3 atom stereocenters. The fourth-order valence-electron chi connectivity index (χ4n) is 3.76. The number of likely N-dealkylation sites (tertiary alicyclic amines) is 1. The van der Waals surface area contributed by atoms with E-state index in [9.17, 15) is 18.0 Å². The van der Waals surface area contributed by atoms with Gasteiger partial charge in [0.05, 0.1) is 19.3 Å². The molecule has 4 heterocycles. The standard InChI is InChI=1S/C18H22N4O3.C2HF3O2/c1-21-15(5-8-20-21)18(23)22-10-14-13(12-25-16(14)11-22)6-9-24-17-4-2-3-7-19-17;3-2(4,5)1(6)7/h2-5,7-8,13-14,16H,6,9-12H2,1H3;(H,6,7)/t13-,14-,16-;/m0./s1. The van der Waals surface area contributed by atoms with Gasteiger partial charge in [-0.2, -0.15) is 18.3 Å². The SMILES string of the molecule is Cn1nccc1C(=O)N1C[C@H]2[C@@H](CCOc3ccccn3)CO[C@H]2C1.O=C(O)C(F)(F)F. The lowest BCUT2D eigenvalue weighted by molar-refractivity contribution is -0.192. The molecule has 0 aliphatic carbocycles. The maximum absolute atomic E-state index is 12.6. The molecular weight excluding hydrogens is 433 g/mol. The largest absolute Gasteiger partial charge is 0.490 e. The topological polar surface area (TPSA) is 107 Å². The van der Waals surface area contributed by atoms with Gasteiger partial charge in [0.15, 0.2) is 0 Å². The molecule has 0 bridgehead atoms. The van der Waals surface area contributed by atoms with Crippen molar-refractivity contribution >= 4 is 11.9 Å². The number of halogens is 3. The summed E-state index contributed by atoms with van der Waals surface area (Å²) in [6.45, 7) is 2.76. The van der Waals surface area contributed by atoms with Crippen molar-refractivity contribution in [2.24, 2.45) is 18.9 Å². The number of pyridine rings is 1. The van der Waals surface area contributed by atoms with Crippen LogP contribution in [0.2, 0.25) is 0 Å². The number of fused-ring (bicyclic) bond motifs is 1. The van der Waals surface area contributed by atoms with Crippen molar-refractivity contribution in [2.45, 2.75) is 18.7 Å². The molecule has 0 aromatic carbocycles. The van der Waals surface area contributed by atoms with E-state index in [1.807, 2.05) is 23.1 Å². The van der Waals surface area contributed by atoms with Crippen LogP contribution in [-0.2, 0) is 16.6 Å². The van der Waals surface area contributed by atoms with Crippen molar-refractivity contribution in [1.29, 1.82) is 0 Å². The molecule has 2 aromatic rings. The Bertz CT molecular complexity index is 921. The Hall–Kier alpha value is -3.15. The Kier molecular flexibility index (Phi) is 7.33. The molecule has 2 aliphatic rings. The second-order valence-electron chi connectivity index (χ2n) is 7.45. The first-order valence-electron chi connectivity index (χ1n) is 9.89. The second-order valence-corrected chi connectivity index (χ2v) is 7.45. The van der Waals surface area contributed by atoms with Crippen LogP contribution >= 0.6 is 0 Å². The average molecular weight is 456 g/mol. The summed E-state index contributed by atoms with van der Waals surface area (Å²) in [5, 5.41) is 11.2. The third-order valence-corrected chi connectivity index (χ3v) is 5.39. The molecule has 2 saturated heterocycles. The van der Waals surface area contributed by atoms with Crippen molar-refractivity contribution in [3.63, 3.8) is 0 Å². The smallest absolute Gasteiger partial charge is 0.478 e. The molecule has 9 nitrogen and oxygen atoms in total. The predicted molar refractivity (Wildman–Crippen MR) is 104 cm³/mol. The van der Waals surface area contributed by atoms with Gasteiger partial charge in [-0.05, 0) is 24.5 Å². The molecule has 32 heavy (non-hydrogen) atoms. The second kappa shape index (κ2) is 9.98. The Morgan fingerprint density at radius 1 is 1.25 bits per heavy atom. The summed E-state index contributed by atoms with van der Waals surface area (Å²) in [5.41, 5.74) is 0.620. The minimum absolute atomic E-state index is 0.0292. The van der Waals surface area contributed by atoms with Crippen molar-refractivity contribution in [3.05, 3.63) is 42.4 Å². The highest BCUT2D eigenvalue weighted by atomic mass is 19.4. The predicted octanol–water partition coefficient (Wildman–Crippen LogP) is 2.00. The van der Waals surface area contributed by atoms with Gasteiger partial charge in [0, 0.05) is 44.5 Å². The lowest BCUT2D eigenvalue weighted by Crippen LogP contribution is -2.32. The van der Waals surface area contributed by atoms with Gasteiger partial charge >= 0.3 is 12.1 Å². The molecule has 1 amide bonds. The van der Waals surface area contributed by atoms with Crippen LogP contribution in [0.3, 0.4) is 0 Å². The zero-order valence-corrected chi connectivity index (χ0v) is 17.2. The van der Waals surface area contributed by atoms with Crippen LogP contribution in [0.5, 0.6) is 5.88 Å². The Balaban J connectivity index is 0.000000360. The van der Waals surface area contributed by atoms with E-state index in [2.05, 4.69) is 10.1 Å². The molecule has 1 N–H and O–H groups in total. The summed E-state index contributed by atoms with van der Waals surface area (Å²) in [6, 6.07) is 7.40. The lowest BCUT2D eigenvalue weighted by atomic mass is 9.91. The number of carbonyl (C=O) groups excluding carboxylic acids is 1. The van der Waals surface area contributed by atoms with Crippen molar-refractivity contribution in [1.82, 2.24) is 19.7 Å². The van der Waals surface area contributed by atoms with Crippen LogP contribution in [0.15, 0.2) is 36.7 Å². The highest BCUT2D eigenvalue weighted by Crippen LogP contribution is 2.36. The van der Waals surface area contributed by atoms with Gasteiger partial charge in [0.1, 0.15) is 5.69 Å². The molecule has 0 saturated carbocycles. The summed E-state index contributed by atoms with van der Waals surface area (Å²) >= 11 is 0. The van der Waals surface area contributed by atoms with E-state index in [1.165, 1.54) is 0 Å². The third-order valence-electron chi connectivity index (χ3n) is 5.39. The number of ether oxygens (including phenoxy) is 2. The van der Waals surface area contributed by atoms with Crippen molar-refractivity contribution in [2.75, 3.05) is 26.3 Å². The highest BCUT2D eigenvalue weighted by Gasteiger charge is 2.45. The van der Waals surface area contributed by atoms with Crippen LogP contribution < -0.4 is 4.74 Å². The van der Waals surface area contributed by atoms with Crippen molar-refractivity contribution < 1.29 is 37.3 Å². The Morgan fingerprint density at radius 3 is 2.59 bits per heavy atom. The van der Waals surface area contributed by atoms with Crippen LogP contribution in [0, 0.1) is 11.8 Å². The van der Waals surface area contributed by atoms with E-state index < -0.39 is 12.1 Å². The average Bonchev–Trinajstić information content (AvgIpc) is 3.45. The molecule has 4 rings (SSSR count). The quantitative estimate of drug-likeness (QED) is 0.734. The van der Waals surface area contributed by atoms with Crippen LogP contribution in [0.4, 0.5) is 13.2 Å². The molecular formula is C20H23F3N4O5. The first-order chi connectivity index (χ1) is 15.2. The number of aryl methyl sites for hydroxylation is 1. The summed E-state index contributed by atoms with van der Waals surface area (Å²) in [7, 11) is 1.79. The van der Waals surface area contributed by atoms with Gasteiger partial charge in [-0.3, -0.25) is 9.48 Å². The normalized spacial score (nSPS) is 22.1. The van der Waals surface area contributed by atoms with Gasteiger partial charge in [-0.15, -0.1) is 0 Å². The number of hydrogen-bond acceptors (Lipinski definition) is 6. The van der Waals surface area contributed by atoms with Gasteiger partial charge in [0.2, 0.25) is 5.88 Å². The molecule has 0 spiro atoms. The fourth-order valence-corrected chi connectivity index (χ4v) is 3.76. The van der Waals surface area contributed by atoms with Gasteiger partial charge in [-0.1, -0.05) is 6.07 Å². The Morgan fingerprint density at radius 2 is 2.00 bits per heavy atom. The van der Waals surface area contributed by atoms with Gasteiger partial charge in [-0.25, -0.2) is 9.78 Å². The highest BCUT2D eigenvalue weighted by molar-refractivity contribution is 5.92. The number of hydrogen-bond donors (Lipinski definition) is 1. The van der Waals surface area contributed by atoms with Crippen LogP contribution in [0.1, 0.15) is 16.9 Å².